The van der Waals surface area contributed by atoms with Gasteiger partial charge in [-0.3, -0.25) is 0 Å². The fourth-order valence-corrected chi connectivity index (χ4v) is 9.11. The molecule has 9 heteroatoms. The third-order valence-electron chi connectivity index (χ3n) is 6.64. The molecule has 0 saturated heterocycles. The Morgan fingerprint density at radius 3 is 1.89 bits per heavy atom. The third-order valence-corrected chi connectivity index (χ3v) is 10.8. The Kier molecular flexibility index (Phi) is 5.91. The van der Waals surface area contributed by atoms with E-state index < -0.39 is 57.6 Å². The first-order chi connectivity index (χ1) is 16.4. The van der Waals surface area contributed by atoms with Gasteiger partial charge in [0, 0.05) is 0 Å². The maximum atomic E-state index is 14.3. The quantitative estimate of drug-likeness (QED) is 0.367. The van der Waals surface area contributed by atoms with Gasteiger partial charge in [-0.25, -0.2) is 0 Å². The minimum atomic E-state index is -5.60. The molecule has 0 radical (unpaired) electrons. The average Bonchev–Trinajstić information content (AvgIpc) is 3.33. The van der Waals surface area contributed by atoms with Gasteiger partial charge < -0.3 is 0 Å². The first-order valence-electron chi connectivity index (χ1n) is 11.0. The van der Waals surface area contributed by atoms with Gasteiger partial charge in [-0.1, -0.05) is 0 Å². The van der Waals surface area contributed by atoms with E-state index in [9.17, 15) is 26.3 Å². The number of alkyl halides is 6. The number of benzene rings is 2. The van der Waals surface area contributed by atoms with Gasteiger partial charge in [0.25, 0.3) is 0 Å². The SMILES string of the molecule is CC1=NC2=[C](C1)[Y]=[C]1CC(c3ccc(C(c4ccc(C)cc4)(C(F)(F)F)C(F)(F)F)cc3)=NC1=C2. The third kappa shape index (κ3) is 4.03. The maximum absolute atomic E-state index is 14.3. The van der Waals surface area contributed by atoms with Crippen LogP contribution in [0.1, 0.15) is 42.0 Å². The van der Waals surface area contributed by atoms with Crippen LogP contribution in [0.4, 0.5) is 26.3 Å². The number of aryl methyl sites for hydroxylation is 1. The zero-order valence-electron chi connectivity index (χ0n) is 18.8. The van der Waals surface area contributed by atoms with Crippen LogP contribution in [0.5, 0.6) is 0 Å². The molecule has 3 heterocycles. The van der Waals surface area contributed by atoms with Crippen LogP contribution >= 0.6 is 0 Å². The zero-order chi connectivity index (χ0) is 25.2. The molecule has 0 bridgehead atoms. The van der Waals surface area contributed by atoms with Crippen molar-refractivity contribution in [1.82, 2.24) is 0 Å². The van der Waals surface area contributed by atoms with Gasteiger partial charge in [-0.2, -0.15) is 0 Å². The van der Waals surface area contributed by atoms with Crippen LogP contribution < -0.4 is 0 Å². The summed E-state index contributed by atoms with van der Waals surface area (Å²) in [6.07, 6.45) is -7.76. The summed E-state index contributed by atoms with van der Waals surface area (Å²) in [5.74, 6) is 0. The van der Waals surface area contributed by atoms with Gasteiger partial charge >= 0.3 is 207 Å². The number of rotatable bonds is 3. The molecule has 3 aliphatic heterocycles. The summed E-state index contributed by atoms with van der Waals surface area (Å²) in [5, 5.41) is 0. The van der Waals surface area contributed by atoms with Gasteiger partial charge in [0.2, 0.25) is 0 Å². The normalized spacial score (nSPS) is 17.8. The molecule has 178 valence electrons. The summed E-state index contributed by atoms with van der Waals surface area (Å²) >= 11 is -1.23. The molecule has 0 fully saturated rings. The predicted molar refractivity (Wildman–Crippen MR) is 120 cm³/mol. The van der Waals surface area contributed by atoms with Crippen LogP contribution in [0.25, 0.3) is 0 Å². The molecule has 0 aromatic heterocycles. The van der Waals surface area contributed by atoms with Crippen molar-refractivity contribution >= 4 is 13.7 Å². The number of aliphatic imine (C=N–C) groups is 2. The van der Waals surface area contributed by atoms with Gasteiger partial charge in [-0.05, 0) is 6.92 Å². The molecule has 0 unspecified atom stereocenters. The second kappa shape index (κ2) is 8.44. The Bertz CT molecular complexity index is 1340. The van der Waals surface area contributed by atoms with Gasteiger partial charge in [0.05, 0.1) is 0 Å². The summed E-state index contributed by atoms with van der Waals surface area (Å²) in [6, 6.07) is 8.85. The Morgan fingerprint density at radius 2 is 1.31 bits per heavy atom. The van der Waals surface area contributed by atoms with Gasteiger partial charge in [0.15, 0.2) is 0 Å². The molecule has 0 aliphatic carbocycles. The fourth-order valence-electron chi connectivity index (χ4n) is 4.92. The van der Waals surface area contributed by atoms with Crippen LogP contribution in [0.3, 0.4) is 0 Å². The molecule has 0 N–H and O–H groups in total. The van der Waals surface area contributed by atoms with Crippen LogP contribution in [0.2, 0.25) is 0 Å². The van der Waals surface area contributed by atoms with Crippen LogP contribution in [0.15, 0.2) is 78.4 Å². The molecule has 0 atom stereocenters. The van der Waals surface area contributed by atoms with Crippen LogP contribution in [-0.2, 0) is 34.1 Å². The van der Waals surface area contributed by atoms with Crippen molar-refractivity contribution in [3.05, 3.63) is 90.6 Å². The molecule has 2 aromatic carbocycles. The molecule has 2 aromatic rings. The summed E-state index contributed by atoms with van der Waals surface area (Å²) in [6.45, 7) is 3.60. The van der Waals surface area contributed by atoms with Gasteiger partial charge in [-0.15, -0.1) is 0 Å². The van der Waals surface area contributed by atoms with E-state index in [1.165, 1.54) is 28.9 Å². The van der Waals surface area contributed by atoms with Crippen molar-refractivity contribution in [2.24, 2.45) is 9.98 Å². The van der Waals surface area contributed by atoms with Crippen molar-refractivity contribution in [3.8, 4) is 0 Å². The van der Waals surface area contributed by atoms with Crippen LogP contribution in [0, 0.1) is 6.92 Å². The second-order valence-corrected chi connectivity index (χ2v) is 13.2. The van der Waals surface area contributed by atoms with Crippen molar-refractivity contribution in [2.45, 2.75) is 44.5 Å². The number of nitrogens with zero attached hydrogens (tertiary/aromatic N) is 2. The van der Waals surface area contributed by atoms with Crippen molar-refractivity contribution in [2.75, 3.05) is 0 Å². The number of hydrogen-bond donors (Lipinski definition) is 0. The van der Waals surface area contributed by atoms with Gasteiger partial charge in [0.1, 0.15) is 0 Å². The topological polar surface area (TPSA) is 24.7 Å². The van der Waals surface area contributed by atoms with Crippen molar-refractivity contribution in [1.29, 1.82) is 0 Å². The minimum absolute atomic E-state index is 0.529. The summed E-state index contributed by atoms with van der Waals surface area (Å²) in [4.78, 5) is 9.22. The molecule has 3 aliphatic rings. The van der Waals surface area contributed by atoms with E-state index >= 15 is 0 Å². The Labute approximate surface area is 213 Å². The molecule has 2 nitrogen and oxygen atoms in total. The molecule has 0 spiro atoms. The standard InChI is InChI=1S/C26H19F6N2.Y/c1-16-3-8-19(9-4-16)24(25(27,28)29,26(30,31)32)20-10-6-18(7-11-20)23-14-13-22(34-23)15-21-12-5-17(2)33-21;/h3-4,6-11,15H,5,14H2,1-2H3;. The van der Waals surface area contributed by atoms with E-state index in [1.54, 1.807) is 6.92 Å². The summed E-state index contributed by atoms with van der Waals surface area (Å²) in [7, 11) is 0. The predicted octanol–water partition coefficient (Wildman–Crippen LogP) is 6.83. The molecule has 0 amide bonds. The fraction of sp³-hybridized carbons (Fsp3) is 0.269. The number of fused-ring (bicyclic) bond motifs is 1. The Morgan fingerprint density at radius 1 is 0.743 bits per heavy atom. The molecular formula is C26H19F6N2Y. The molecule has 35 heavy (non-hydrogen) atoms. The zero-order valence-corrected chi connectivity index (χ0v) is 21.7. The molecule has 5 rings (SSSR count). The Balaban J connectivity index is 1.55. The molecule has 0 saturated carbocycles. The average molecular weight is 562 g/mol. The van der Waals surface area contributed by atoms with Crippen molar-refractivity contribution in [3.63, 3.8) is 0 Å². The van der Waals surface area contributed by atoms with Crippen LogP contribution in [-0.4, -0.2) is 26.1 Å². The summed E-state index contributed by atoms with van der Waals surface area (Å²) in [5.41, 5.74) is -1.14. The summed E-state index contributed by atoms with van der Waals surface area (Å²) < 4.78 is 88.6. The van der Waals surface area contributed by atoms with E-state index in [1.807, 2.05) is 13.0 Å². The van der Waals surface area contributed by atoms with E-state index in [2.05, 4.69) is 9.98 Å². The van der Waals surface area contributed by atoms with E-state index in [4.69, 9.17) is 0 Å². The number of hydrogen-bond acceptors (Lipinski definition) is 2. The monoisotopic (exact) mass is 562 g/mol. The van der Waals surface area contributed by atoms with E-state index in [0.717, 1.165) is 47.8 Å². The second-order valence-electron chi connectivity index (χ2n) is 9.06. The number of allylic oxidation sites excluding steroid dienone is 3. The first kappa shape index (κ1) is 24.5. The molecular weight excluding hydrogens is 543 g/mol. The van der Waals surface area contributed by atoms with E-state index in [-0.39, 0.29) is 0 Å². The van der Waals surface area contributed by atoms with Crippen molar-refractivity contribution < 1.29 is 55.0 Å². The first-order valence-corrected chi connectivity index (χ1v) is 13.8. The Hall–Kier alpha value is -2.19. The van der Waals surface area contributed by atoms with E-state index in [0.29, 0.717) is 23.3 Å². The number of halogens is 6.